The van der Waals surface area contributed by atoms with E-state index >= 15 is 0 Å². The van der Waals surface area contributed by atoms with E-state index < -0.39 is 16.1 Å². The van der Waals surface area contributed by atoms with Crippen LogP contribution in [0.3, 0.4) is 0 Å². The van der Waals surface area contributed by atoms with Crippen LogP contribution in [-0.2, 0) is 9.53 Å². The summed E-state index contributed by atoms with van der Waals surface area (Å²) in [6.45, 7) is 21.0. The molecule has 0 amide bonds. The fourth-order valence-electron chi connectivity index (χ4n) is 2.85. The first kappa shape index (κ1) is 18.9. The zero-order chi connectivity index (χ0) is 15.4. The van der Waals surface area contributed by atoms with Gasteiger partial charge in [0.1, 0.15) is 0 Å². The molecule has 2 nitrogen and oxygen atoms in total. The number of hydrogen-bond acceptors (Lipinski definition) is 2. The van der Waals surface area contributed by atoms with E-state index in [2.05, 4.69) is 53.1 Å². The molecule has 0 aliphatic carbocycles. The molecule has 0 aromatic heterocycles. The average Bonchev–Trinajstić information content (AvgIpc) is 2.12. The minimum atomic E-state index is -1.56. The summed E-state index contributed by atoms with van der Waals surface area (Å²) in [6, 6.07) is 1.22. The van der Waals surface area contributed by atoms with E-state index in [1.165, 1.54) is 6.04 Å². The Morgan fingerprint density at radius 3 is 1.79 bits per heavy atom. The summed E-state index contributed by atoms with van der Waals surface area (Å²) in [5.41, 5.74) is 0.138. The maximum Gasteiger partial charge on any atom is 0.306 e. The highest BCUT2D eigenvalue weighted by Crippen LogP contribution is 2.40. The van der Waals surface area contributed by atoms with E-state index in [0.717, 1.165) is 0 Å². The van der Waals surface area contributed by atoms with E-state index in [9.17, 15) is 4.79 Å². The number of carbonyl (C=O) groups is 1. The largest absolute Gasteiger partial charge is 0.466 e. The van der Waals surface area contributed by atoms with Crippen molar-refractivity contribution in [1.82, 2.24) is 0 Å². The Bertz CT molecular complexity index is 288. The fourth-order valence-corrected chi connectivity index (χ4v) is 7.78. The second kappa shape index (κ2) is 7.07. The number of esters is 1. The molecule has 0 radical (unpaired) electrons. The second-order valence-corrected chi connectivity index (χ2v) is 19.2. The lowest BCUT2D eigenvalue weighted by molar-refractivity contribution is -0.144. The van der Waals surface area contributed by atoms with Gasteiger partial charge >= 0.3 is 5.97 Å². The van der Waals surface area contributed by atoms with Crippen LogP contribution in [0.4, 0.5) is 0 Å². The smallest absolute Gasteiger partial charge is 0.306 e. The Morgan fingerprint density at radius 2 is 1.53 bits per heavy atom. The van der Waals surface area contributed by atoms with Gasteiger partial charge in [0, 0.05) is 8.07 Å². The lowest BCUT2D eigenvalue weighted by Crippen LogP contribution is -2.43. The van der Waals surface area contributed by atoms with Gasteiger partial charge in [-0.05, 0) is 18.8 Å². The summed E-state index contributed by atoms with van der Waals surface area (Å²) in [5.74, 6) is 1.09. The number of rotatable bonds is 7. The number of hydrogen-bond donors (Lipinski definition) is 0. The van der Waals surface area contributed by atoms with Crippen LogP contribution in [0.1, 0.15) is 20.8 Å². The standard InChI is InChI=1S/C15H34O2Si2/c1-10-17-15(16)14(19(7,8)9)13(12(2)3)11-18(4,5)6/h12-14H,10-11H2,1-9H3/t13-,14-/m0/s1. The third-order valence-corrected chi connectivity index (χ3v) is 7.83. The van der Waals surface area contributed by atoms with Gasteiger partial charge in [0.05, 0.1) is 20.2 Å². The number of ether oxygens (including phenoxy) is 1. The summed E-state index contributed by atoms with van der Waals surface area (Å²) in [7, 11) is -2.74. The molecule has 0 heterocycles. The summed E-state index contributed by atoms with van der Waals surface area (Å²) >= 11 is 0. The molecule has 0 aromatic carbocycles. The van der Waals surface area contributed by atoms with E-state index in [4.69, 9.17) is 4.74 Å². The SMILES string of the molecule is CCOC(=O)[C@H]([C@@H](C[Si](C)(C)C)C(C)C)[Si](C)(C)C. The summed E-state index contributed by atoms with van der Waals surface area (Å²) in [5, 5.41) is 0. The van der Waals surface area contributed by atoms with Crippen LogP contribution in [-0.4, -0.2) is 28.7 Å². The molecule has 0 spiro atoms. The molecule has 0 bridgehead atoms. The van der Waals surface area contributed by atoms with Gasteiger partial charge in [-0.3, -0.25) is 4.79 Å². The highest BCUT2D eigenvalue weighted by Gasteiger charge is 2.42. The molecular weight excluding hydrogens is 268 g/mol. The first-order valence-corrected chi connectivity index (χ1v) is 14.8. The molecule has 0 fully saturated rings. The minimum Gasteiger partial charge on any atom is -0.466 e. The Hall–Kier alpha value is -0.0962. The van der Waals surface area contributed by atoms with Gasteiger partial charge in [-0.25, -0.2) is 0 Å². The molecule has 0 saturated heterocycles. The lowest BCUT2D eigenvalue weighted by atomic mass is 9.94. The van der Waals surface area contributed by atoms with Gasteiger partial charge in [-0.15, -0.1) is 0 Å². The lowest BCUT2D eigenvalue weighted by Gasteiger charge is -2.39. The molecule has 0 unspecified atom stereocenters. The van der Waals surface area contributed by atoms with Crippen LogP contribution in [0.5, 0.6) is 0 Å². The highest BCUT2D eigenvalue weighted by atomic mass is 28.3. The van der Waals surface area contributed by atoms with Gasteiger partial charge in [0.15, 0.2) is 0 Å². The van der Waals surface area contributed by atoms with Crippen molar-refractivity contribution in [2.24, 2.45) is 11.8 Å². The topological polar surface area (TPSA) is 26.3 Å². The van der Waals surface area contributed by atoms with E-state index in [0.29, 0.717) is 18.4 Å². The van der Waals surface area contributed by atoms with Crippen molar-refractivity contribution in [3.05, 3.63) is 0 Å². The molecule has 4 heteroatoms. The van der Waals surface area contributed by atoms with Crippen molar-refractivity contribution < 1.29 is 9.53 Å². The molecule has 0 N–H and O–H groups in total. The molecule has 19 heavy (non-hydrogen) atoms. The summed E-state index contributed by atoms with van der Waals surface area (Å²) in [4.78, 5) is 12.4. The summed E-state index contributed by atoms with van der Waals surface area (Å²) in [6.07, 6.45) is 0. The molecule has 0 aliphatic rings. The van der Waals surface area contributed by atoms with Crippen molar-refractivity contribution >= 4 is 22.1 Å². The predicted octanol–water partition coefficient (Wildman–Crippen LogP) is 4.87. The molecule has 2 atom stereocenters. The van der Waals surface area contributed by atoms with Crippen LogP contribution in [0, 0.1) is 11.8 Å². The molecule has 0 saturated carbocycles. The van der Waals surface area contributed by atoms with Gasteiger partial charge in [0.2, 0.25) is 0 Å². The monoisotopic (exact) mass is 302 g/mol. The first-order chi connectivity index (χ1) is 8.40. The normalized spacial score (nSPS) is 16.3. The maximum atomic E-state index is 12.4. The molecule has 114 valence electrons. The van der Waals surface area contributed by atoms with E-state index in [1.807, 2.05) is 6.92 Å². The maximum absolute atomic E-state index is 12.4. The van der Waals surface area contributed by atoms with Crippen LogP contribution in [0.25, 0.3) is 0 Å². The van der Waals surface area contributed by atoms with Crippen LogP contribution in [0.15, 0.2) is 0 Å². The summed E-state index contributed by atoms with van der Waals surface area (Å²) < 4.78 is 5.39. The van der Waals surface area contributed by atoms with Gasteiger partial charge in [-0.2, -0.15) is 0 Å². The van der Waals surface area contributed by atoms with Crippen molar-refractivity contribution in [1.29, 1.82) is 0 Å². The van der Waals surface area contributed by atoms with Crippen molar-refractivity contribution in [2.75, 3.05) is 6.61 Å². The van der Waals surface area contributed by atoms with Gasteiger partial charge in [0.25, 0.3) is 0 Å². The van der Waals surface area contributed by atoms with Crippen molar-refractivity contribution in [2.45, 2.75) is 71.6 Å². The molecule has 0 rings (SSSR count). The van der Waals surface area contributed by atoms with Gasteiger partial charge in [-0.1, -0.05) is 59.2 Å². The molecular formula is C15H34O2Si2. The van der Waals surface area contributed by atoms with Crippen molar-refractivity contribution in [3.63, 3.8) is 0 Å². The predicted molar refractivity (Wildman–Crippen MR) is 90.2 cm³/mol. The Balaban J connectivity index is 5.33. The van der Waals surface area contributed by atoms with Crippen LogP contribution in [0.2, 0.25) is 50.9 Å². The third-order valence-electron chi connectivity index (χ3n) is 3.61. The Morgan fingerprint density at radius 1 is 1.05 bits per heavy atom. The highest BCUT2D eigenvalue weighted by molar-refractivity contribution is 6.81. The Labute approximate surface area is 122 Å². The van der Waals surface area contributed by atoms with Gasteiger partial charge < -0.3 is 4.74 Å². The van der Waals surface area contributed by atoms with E-state index in [-0.39, 0.29) is 11.5 Å². The Kier molecular flexibility index (Phi) is 7.03. The second-order valence-electron chi connectivity index (χ2n) is 8.27. The zero-order valence-electron chi connectivity index (χ0n) is 14.5. The minimum absolute atomic E-state index is 0.0543. The van der Waals surface area contributed by atoms with Crippen molar-refractivity contribution in [3.8, 4) is 0 Å². The van der Waals surface area contributed by atoms with Crippen LogP contribution < -0.4 is 0 Å². The fraction of sp³-hybridized carbons (Fsp3) is 0.933. The molecule has 0 aromatic rings. The quantitative estimate of drug-likeness (QED) is 0.495. The van der Waals surface area contributed by atoms with E-state index in [1.54, 1.807) is 0 Å². The molecule has 0 aliphatic heterocycles. The third kappa shape index (κ3) is 6.75. The zero-order valence-corrected chi connectivity index (χ0v) is 16.5. The number of carbonyl (C=O) groups excluding carboxylic acids is 1. The first-order valence-electron chi connectivity index (χ1n) is 7.56. The average molecular weight is 303 g/mol. The van der Waals surface area contributed by atoms with Crippen LogP contribution >= 0.6 is 0 Å².